The molecule has 1 aromatic carbocycles. The number of hydrogen-bond donors (Lipinski definition) is 1. The molecule has 0 spiro atoms. The Bertz CT molecular complexity index is 583. The summed E-state index contributed by atoms with van der Waals surface area (Å²) in [5, 5.41) is 0. The predicted octanol–water partition coefficient (Wildman–Crippen LogP) is 2.42. The molecule has 94 valence electrons. The number of halogens is 5. The first-order valence-corrected chi connectivity index (χ1v) is 4.52. The number of nitrogens with two attached hydrogens (primary N) is 1. The number of benzene rings is 1. The minimum absolute atomic E-state index is 0.192. The SMILES string of the molecule is Nc1ncc(-c2c(F)c(F)c(F)c(F)c2F)cn1. The smallest absolute Gasteiger partial charge is 0.219 e. The van der Waals surface area contributed by atoms with Crippen LogP contribution in [0.2, 0.25) is 0 Å². The van der Waals surface area contributed by atoms with Crippen molar-refractivity contribution < 1.29 is 22.0 Å². The maximum absolute atomic E-state index is 13.4. The topological polar surface area (TPSA) is 51.8 Å². The molecule has 1 aromatic heterocycles. The first-order valence-electron chi connectivity index (χ1n) is 4.52. The van der Waals surface area contributed by atoms with Crippen molar-refractivity contribution in [2.45, 2.75) is 0 Å². The number of hydrogen-bond acceptors (Lipinski definition) is 3. The molecule has 0 saturated carbocycles. The lowest BCUT2D eigenvalue weighted by molar-refractivity contribution is 0.381. The lowest BCUT2D eigenvalue weighted by Gasteiger charge is -2.07. The van der Waals surface area contributed by atoms with E-state index in [1.807, 2.05) is 0 Å². The molecule has 0 aliphatic carbocycles. The lowest BCUT2D eigenvalue weighted by Crippen LogP contribution is -2.05. The van der Waals surface area contributed by atoms with Crippen LogP contribution in [-0.4, -0.2) is 9.97 Å². The Labute approximate surface area is 97.1 Å². The van der Waals surface area contributed by atoms with Gasteiger partial charge in [-0.15, -0.1) is 0 Å². The van der Waals surface area contributed by atoms with E-state index >= 15 is 0 Å². The van der Waals surface area contributed by atoms with Crippen LogP contribution in [0.3, 0.4) is 0 Å². The predicted molar refractivity (Wildman–Crippen MR) is 51.7 cm³/mol. The van der Waals surface area contributed by atoms with Gasteiger partial charge in [0.1, 0.15) is 0 Å². The summed E-state index contributed by atoms with van der Waals surface area (Å²) >= 11 is 0. The third kappa shape index (κ3) is 1.75. The van der Waals surface area contributed by atoms with Crippen molar-refractivity contribution in [3.05, 3.63) is 41.5 Å². The molecule has 1 heterocycles. The minimum atomic E-state index is -2.22. The van der Waals surface area contributed by atoms with E-state index in [0.717, 1.165) is 12.4 Å². The molecule has 0 saturated heterocycles. The zero-order chi connectivity index (χ0) is 13.4. The lowest BCUT2D eigenvalue weighted by atomic mass is 10.1. The van der Waals surface area contributed by atoms with Gasteiger partial charge in [-0.05, 0) is 0 Å². The largest absolute Gasteiger partial charge is 0.368 e. The normalized spacial score (nSPS) is 10.7. The molecule has 0 aliphatic rings. The molecule has 2 aromatic rings. The van der Waals surface area contributed by atoms with Crippen molar-refractivity contribution in [2.75, 3.05) is 5.73 Å². The highest BCUT2D eigenvalue weighted by atomic mass is 19.2. The Kier molecular flexibility index (Phi) is 2.85. The van der Waals surface area contributed by atoms with Crippen molar-refractivity contribution in [2.24, 2.45) is 0 Å². The Morgan fingerprint density at radius 3 is 1.56 bits per heavy atom. The molecule has 0 bridgehead atoms. The van der Waals surface area contributed by atoms with Gasteiger partial charge in [-0.3, -0.25) is 0 Å². The molecule has 0 amide bonds. The minimum Gasteiger partial charge on any atom is -0.368 e. The average Bonchev–Trinajstić information content (AvgIpc) is 2.36. The standard InChI is InChI=1S/C10H4F5N3/c11-5-4(3-1-17-10(16)18-2-3)6(12)8(14)9(15)7(5)13/h1-2H,(H2,16,17,18). The van der Waals surface area contributed by atoms with Crippen LogP contribution in [0.4, 0.5) is 27.9 Å². The van der Waals surface area contributed by atoms with Crippen LogP contribution in [-0.2, 0) is 0 Å². The van der Waals surface area contributed by atoms with Gasteiger partial charge >= 0.3 is 0 Å². The molecule has 0 unspecified atom stereocenters. The summed E-state index contributed by atoms with van der Waals surface area (Å²) in [5.74, 6) is -10.4. The Hall–Kier alpha value is -2.25. The monoisotopic (exact) mass is 261 g/mol. The van der Waals surface area contributed by atoms with Gasteiger partial charge in [0.2, 0.25) is 11.8 Å². The van der Waals surface area contributed by atoms with Gasteiger partial charge in [-0.1, -0.05) is 0 Å². The van der Waals surface area contributed by atoms with Gasteiger partial charge < -0.3 is 5.73 Å². The van der Waals surface area contributed by atoms with Crippen molar-refractivity contribution in [3.63, 3.8) is 0 Å². The molecule has 0 fully saturated rings. The average molecular weight is 261 g/mol. The first-order chi connectivity index (χ1) is 8.43. The van der Waals surface area contributed by atoms with Gasteiger partial charge in [0.05, 0.1) is 5.56 Å². The molecule has 18 heavy (non-hydrogen) atoms. The zero-order valence-electron chi connectivity index (χ0n) is 8.52. The molecular formula is C10H4F5N3. The van der Waals surface area contributed by atoms with Crippen molar-refractivity contribution in [1.29, 1.82) is 0 Å². The summed E-state index contributed by atoms with van der Waals surface area (Å²) in [5.41, 5.74) is 3.69. The zero-order valence-corrected chi connectivity index (χ0v) is 8.52. The van der Waals surface area contributed by atoms with Crippen LogP contribution < -0.4 is 5.73 Å². The Morgan fingerprint density at radius 1 is 0.722 bits per heavy atom. The van der Waals surface area contributed by atoms with Crippen molar-refractivity contribution in [1.82, 2.24) is 9.97 Å². The van der Waals surface area contributed by atoms with Crippen LogP contribution in [0.5, 0.6) is 0 Å². The van der Waals surface area contributed by atoms with Gasteiger partial charge in [-0.2, -0.15) is 0 Å². The van der Waals surface area contributed by atoms with Crippen molar-refractivity contribution in [3.8, 4) is 11.1 Å². The van der Waals surface area contributed by atoms with E-state index in [4.69, 9.17) is 5.73 Å². The van der Waals surface area contributed by atoms with Crippen LogP contribution >= 0.6 is 0 Å². The molecular weight excluding hydrogens is 257 g/mol. The maximum Gasteiger partial charge on any atom is 0.219 e. The quantitative estimate of drug-likeness (QED) is 0.487. The second-order valence-electron chi connectivity index (χ2n) is 3.27. The Morgan fingerprint density at radius 2 is 1.11 bits per heavy atom. The van der Waals surface area contributed by atoms with Gasteiger partial charge in [0.15, 0.2) is 23.3 Å². The highest BCUT2D eigenvalue weighted by Gasteiger charge is 2.26. The second-order valence-corrected chi connectivity index (χ2v) is 3.27. The van der Waals surface area contributed by atoms with Gasteiger partial charge in [0, 0.05) is 18.0 Å². The molecule has 0 aliphatic heterocycles. The molecule has 0 radical (unpaired) electrons. The fourth-order valence-electron chi connectivity index (χ4n) is 1.33. The molecule has 2 N–H and O–H groups in total. The van der Waals surface area contributed by atoms with E-state index in [9.17, 15) is 22.0 Å². The van der Waals surface area contributed by atoms with Gasteiger partial charge in [0.25, 0.3) is 0 Å². The first kappa shape index (κ1) is 12.2. The third-order valence-corrected chi connectivity index (χ3v) is 2.17. The summed E-state index contributed by atoms with van der Waals surface area (Å²) in [6.07, 6.45) is 1.72. The fourth-order valence-corrected chi connectivity index (χ4v) is 1.33. The van der Waals surface area contributed by atoms with Crippen LogP contribution in [0, 0.1) is 29.1 Å². The number of nitrogens with zero attached hydrogens (tertiary/aromatic N) is 2. The van der Waals surface area contributed by atoms with Crippen LogP contribution in [0.15, 0.2) is 12.4 Å². The summed E-state index contributed by atoms with van der Waals surface area (Å²) in [4.78, 5) is 6.83. The summed E-state index contributed by atoms with van der Waals surface area (Å²) in [6, 6.07) is 0. The van der Waals surface area contributed by atoms with E-state index in [1.165, 1.54) is 0 Å². The Balaban J connectivity index is 2.75. The highest BCUT2D eigenvalue weighted by Crippen LogP contribution is 2.30. The van der Waals surface area contributed by atoms with E-state index in [-0.39, 0.29) is 11.5 Å². The summed E-state index contributed by atoms with van der Waals surface area (Å²) in [6.45, 7) is 0. The summed E-state index contributed by atoms with van der Waals surface area (Å²) in [7, 11) is 0. The van der Waals surface area contributed by atoms with Crippen LogP contribution in [0.25, 0.3) is 11.1 Å². The number of anilines is 1. The highest BCUT2D eigenvalue weighted by molar-refractivity contribution is 5.64. The van der Waals surface area contributed by atoms with E-state index < -0.39 is 34.6 Å². The summed E-state index contributed by atoms with van der Waals surface area (Å²) < 4.78 is 65.4. The second kappa shape index (κ2) is 4.21. The van der Waals surface area contributed by atoms with Crippen LogP contribution in [0.1, 0.15) is 0 Å². The third-order valence-electron chi connectivity index (χ3n) is 2.17. The molecule has 2 rings (SSSR count). The number of aromatic nitrogens is 2. The number of rotatable bonds is 1. The van der Waals surface area contributed by atoms with E-state index in [0.29, 0.717) is 0 Å². The fraction of sp³-hybridized carbons (Fsp3) is 0. The van der Waals surface area contributed by atoms with E-state index in [2.05, 4.69) is 9.97 Å². The van der Waals surface area contributed by atoms with E-state index in [1.54, 1.807) is 0 Å². The maximum atomic E-state index is 13.4. The molecule has 3 nitrogen and oxygen atoms in total. The molecule has 8 heteroatoms. The van der Waals surface area contributed by atoms with Crippen molar-refractivity contribution >= 4 is 5.95 Å². The molecule has 0 atom stereocenters. The number of nitrogen functional groups attached to an aromatic ring is 1. The van der Waals surface area contributed by atoms with Gasteiger partial charge in [-0.25, -0.2) is 31.9 Å².